The van der Waals surface area contributed by atoms with Gasteiger partial charge in [0.25, 0.3) is 0 Å². The SMILES string of the molecule is Cc1ccc(Br)cc1C(N)c1ccc2c(c1)COC2. The fraction of sp³-hybridized carbons (Fsp3) is 0.250. The molecule has 2 aromatic carbocycles. The minimum absolute atomic E-state index is 0.0941. The van der Waals surface area contributed by atoms with Crippen molar-refractivity contribution >= 4 is 15.9 Å². The van der Waals surface area contributed by atoms with Gasteiger partial charge in [0.2, 0.25) is 0 Å². The summed E-state index contributed by atoms with van der Waals surface area (Å²) in [5.41, 5.74) is 12.5. The van der Waals surface area contributed by atoms with Crippen LogP contribution in [0, 0.1) is 6.92 Å². The Morgan fingerprint density at radius 3 is 2.74 bits per heavy atom. The number of rotatable bonds is 2. The first-order chi connectivity index (χ1) is 9.15. The van der Waals surface area contributed by atoms with E-state index in [0.717, 1.165) is 22.2 Å². The highest BCUT2D eigenvalue weighted by molar-refractivity contribution is 9.10. The molecular formula is C16H16BrNO. The normalized spacial score (nSPS) is 15.3. The second-order valence-corrected chi connectivity index (χ2v) is 5.92. The van der Waals surface area contributed by atoms with Crippen LogP contribution < -0.4 is 5.73 Å². The van der Waals surface area contributed by atoms with Gasteiger partial charge in [-0.2, -0.15) is 0 Å². The second kappa shape index (κ2) is 5.08. The molecule has 2 N–H and O–H groups in total. The molecule has 0 fully saturated rings. The molecule has 0 radical (unpaired) electrons. The lowest BCUT2D eigenvalue weighted by Gasteiger charge is -2.16. The van der Waals surface area contributed by atoms with Crippen LogP contribution in [-0.4, -0.2) is 0 Å². The first-order valence-electron chi connectivity index (χ1n) is 6.36. The number of ether oxygens (including phenoxy) is 1. The summed E-state index contributed by atoms with van der Waals surface area (Å²) in [7, 11) is 0. The number of benzene rings is 2. The molecule has 0 spiro atoms. The highest BCUT2D eigenvalue weighted by Gasteiger charge is 2.16. The third-order valence-corrected chi connectivity index (χ3v) is 4.17. The maximum Gasteiger partial charge on any atom is 0.0725 e. The van der Waals surface area contributed by atoms with E-state index in [0.29, 0.717) is 6.61 Å². The highest BCUT2D eigenvalue weighted by Crippen LogP contribution is 2.29. The summed E-state index contributed by atoms with van der Waals surface area (Å²) in [5, 5.41) is 0. The summed E-state index contributed by atoms with van der Waals surface area (Å²) in [5.74, 6) is 0. The van der Waals surface area contributed by atoms with Crippen LogP contribution in [0.25, 0.3) is 0 Å². The molecule has 0 aromatic heterocycles. The predicted molar refractivity (Wildman–Crippen MR) is 79.8 cm³/mol. The van der Waals surface area contributed by atoms with Crippen molar-refractivity contribution in [2.24, 2.45) is 5.73 Å². The minimum atomic E-state index is -0.0941. The topological polar surface area (TPSA) is 35.2 Å². The Morgan fingerprint density at radius 2 is 1.89 bits per heavy atom. The van der Waals surface area contributed by atoms with Crippen LogP contribution >= 0.6 is 15.9 Å². The van der Waals surface area contributed by atoms with E-state index in [9.17, 15) is 0 Å². The molecule has 0 bridgehead atoms. The molecule has 1 heterocycles. The third kappa shape index (κ3) is 2.46. The van der Waals surface area contributed by atoms with Gasteiger partial charge in [0.05, 0.1) is 19.3 Å². The van der Waals surface area contributed by atoms with Gasteiger partial charge >= 0.3 is 0 Å². The van der Waals surface area contributed by atoms with E-state index in [1.54, 1.807) is 0 Å². The summed E-state index contributed by atoms with van der Waals surface area (Å²) in [6.45, 7) is 3.52. The van der Waals surface area contributed by atoms with E-state index >= 15 is 0 Å². The molecule has 1 aliphatic heterocycles. The van der Waals surface area contributed by atoms with Gasteiger partial charge in [0.1, 0.15) is 0 Å². The quantitative estimate of drug-likeness (QED) is 0.913. The Balaban J connectivity index is 1.99. The molecular weight excluding hydrogens is 302 g/mol. The van der Waals surface area contributed by atoms with E-state index in [1.165, 1.54) is 16.7 Å². The largest absolute Gasteiger partial charge is 0.372 e. The molecule has 2 nitrogen and oxygen atoms in total. The molecule has 1 unspecified atom stereocenters. The van der Waals surface area contributed by atoms with Gasteiger partial charge in [0.15, 0.2) is 0 Å². The average molecular weight is 318 g/mol. The smallest absolute Gasteiger partial charge is 0.0725 e. The van der Waals surface area contributed by atoms with Gasteiger partial charge in [-0.25, -0.2) is 0 Å². The number of fused-ring (bicyclic) bond motifs is 1. The number of halogens is 1. The maximum atomic E-state index is 6.42. The fourth-order valence-corrected chi connectivity index (χ4v) is 2.89. The zero-order valence-electron chi connectivity index (χ0n) is 10.8. The lowest BCUT2D eigenvalue weighted by Crippen LogP contribution is -2.13. The summed E-state index contributed by atoms with van der Waals surface area (Å²) in [6.07, 6.45) is 0. The van der Waals surface area contributed by atoms with Gasteiger partial charge in [-0.05, 0) is 46.9 Å². The first-order valence-corrected chi connectivity index (χ1v) is 7.15. The molecule has 0 saturated heterocycles. The average Bonchev–Trinajstić information content (AvgIpc) is 2.88. The zero-order chi connectivity index (χ0) is 13.4. The highest BCUT2D eigenvalue weighted by atomic mass is 79.9. The van der Waals surface area contributed by atoms with Crippen LogP contribution in [0.2, 0.25) is 0 Å². The van der Waals surface area contributed by atoms with Crippen LogP contribution in [0.5, 0.6) is 0 Å². The summed E-state index contributed by atoms with van der Waals surface area (Å²) >= 11 is 3.51. The summed E-state index contributed by atoms with van der Waals surface area (Å²) < 4.78 is 6.51. The minimum Gasteiger partial charge on any atom is -0.372 e. The number of aryl methyl sites for hydroxylation is 1. The van der Waals surface area contributed by atoms with Crippen LogP contribution in [0.3, 0.4) is 0 Å². The molecule has 0 saturated carbocycles. The summed E-state index contributed by atoms with van der Waals surface area (Å²) in [6, 6.07) is 12.6. The van der Waals surface area contributed by atoms with Gasteiger partial charge in [-0.15, -0.1) is 0 Å². The maximum absolute atomic E-state index is 6.42. The van der Waals surface area contributed by atoms with Crippen LogP contribution in [0.15, 0.2) is 40.9 Å². The molecule has 2 aromatic rings. The van der Waals surface area contributed by atoms with Crippen molar-refractivity contribution < 1.29 is 4.74 Å². The first kappa shape index (κ1) is 12.9. The molecule has 1 aliphatic rings. The molecule has 0 amide bonds. The van der Waals surface area contributed by atoms with E-state index in [2.05, 4.69) is 53.2 Å². The molecule has 0 aliphatic carbocycles. The van der Waals surface area contributed by atoms with E-state index in [4.69, 9.17) is 10.5 Å². The number of hydrogen-bond acceptors (Lipinski definition) is 2. The van der Waals surface area contributed by atoms with Crippen molar-refractivity contribution in [1.29, 1.82) is 0 Å². The van der Waals surface area contributed by atoms with Gasteiger partial charge in [0, 0.05) is 4.47 Å². The Bertz CT molecular complexity index is 624. The van der Waals surface area contributed by atoms with Crippen molar-refractivity contribution in [3.8, 4) is 0 Å². The van der Waals surface area contributed by atoms with E-state index < -0.39 is 0 Å². The Morgan fingerprint density at radius 1 is 1.11 bits per heavy atom. The van der Waals surface area contributed by atoms with Crippen LogP contribution in [-0.2, 0) is 18.0 Å². The van der Waals surface area contributed by atoms with Crippen LogP contribution in [0.1, 0.15) is 33.9 Å². The van der Waals surface area contributed by atoms with E-state index in [1.807, 2.05) is 6.07 Å². The Kier molecular flexibility index (Phi) is 3.44. The molecule has 1 atom stereocenters. The summed E-state index contributed by atoms with van der Waals surface area (Å²) in [4.78, 5) is 0. The molecule has 3 rings (SSSR count). The molecule has 3 heteroatoms. The van der Waals surface area contributed by atoms with Gasteiger partial charge in [-0.1, -0.05) is 40.2 Å². The van der Waals surface area contributed by atoms with E-state index in [-0.39, 0.29) is 6.04 Å². The molecule has 98 valence electrons. The standard InChI is InChI=1S/C16H16BrNO/c1-10-2-5-14(17)7-15(10)16(18)11-3-4-12-8-19-9-13(12)6-11/h2-7,16H,8-9,18H2,1H3. The van der Waals surface area contributed by atoms with Crippen LogP contribution in [0.4, 0.5) is 0 Å². The lowest BCUT2D eigenvalue weighted by atomic mass is 9.94. The third-order valence-electron chi connectivity index (χ3n) is 3.68. The van der Waals surface area contributed by atoms with Crippen molar-refractivity contribution in [1.82, 2.24) is 0 Å². The van der Waals surface area contributed by atoms with Gasteiger partial charge < -0.3 is 10.5 Å². The van der Waals surface area contributed by atoms with Crippen molar-refractivity contribution in [2.75, 3.05) is 0 Å². The monoisotopic (exact) mass is 317 g/mol. The zero-order valence-corrected chi connectivity index (χ0v) is 12.4. The van der Waals surface area contributed by atoms with Crippen molar-refractivity contribution in [2.45, 2.75) is 26.2 Å². The fourth-order valence-electron chi connectivity index (χ4n) is 2.51. The Hall–Kier alpha value is -1.16. The lowest BCUT2D eigenvalue weighted by molar-refractivity contribution is 0.134. The second-order valence-electron chi connectivity index (χ2n) is 5.00. The van der Waals surface area contributed by atoms with Crippen molar-refractivity contribution in [3.05, 3.63) is 68.7 Å². The molecule has 19 heavy (non-hydrogen) atoms. The van der Waals surface area contributed by atoms with Crippen molar-refractivity contribution in [3.63, 3.8) is 0 Å². The number of hydrogen-bond donors (Lipinski definition) is 1. The Labute approximate surface area is 121 Å². The van der Waals surface area contributed by atoms with Gasteiger partial charge in [-0.3, -0.25) is 0 Å². The number of nitrogens with two attached hydrogens (primary N) is 1. The predicted octanol–water partition coefficient (Wildman–Crippen LogP) is 3.84.